The van der Waals surface area contributed by atoms with Gasteiger partial charge in [-0.25, -0.2) is 23.3 Å². The van der Waals surface area contributed by atoms with Gasteiger partial charge >= 0.3 is 6.18 Å². The maximum absolute atomic E-state index is 13.8. The number of ether oxygens (including phenoxy) is 2. The smallest absolute Gasteiger partial charge is 0.418 e. The molecule has 3 N–H and O–H groups in total. The molecule has 0 bridgehead atoms. The number of hydrogen-bond donors (Lipinski definition) is 2. The Hall–Kier alpha value is -4.08. The van der Waals surface area contributed by atoms with E-state index in [4.69, 9.17) is 15.2 Å². The Bertz CT molecular complexity index is 1490. The van der Waals surface area contributed by atoms with Crippen molar-refractivity contribution in [2.75, 3.05) is 33.1 Å². The first-order valence-corrected chi connectivity index (χ1v) is 12.5. The number of fused-ring (bicyclic) bond motifs is 1. The molecule has 220 valence electrons. The van der Waals surface area contributed by atoms with E-state index in [1.807, 2.05) is 0 Å². The van der Waals surface area contributed by atoms with Crippen molar-refractivity contribution in [1.82, 2.24) is 29.8 Å². The number of nitrogens with zero attached hydrogens (tertiary/aromatic N) is 5. The van der Waals surface area contributed by atoms with Crippen LogP contribution in [0.2, 0.25) is 0 Å². The number of likely N-dealkylation sites (tertiary alicyclic amines) is 1. The molecule has 2 atom stereocenters. The summed E-state index contributed by atoms with van der Waals surface area (Å²) in [6.07, 6.45) is -3.26. The molecule has 2 fully saturated rings. The monoisotopic (exact) mass is 583 g/mol. The lowest BCUT2D eigenvalue weighted by Gasteiger charge is -2.37. The fraction of sp³-hybridized carbons (Fsp3) is 0.480. The SMILES string of the molecule is COC[C@H]1C[C@H](NC(=O)c2cc(-c3cc(C(F)(F)F)c4c(N)ncnn34)cnc2OC)CN1C(=O)C1CC(F)(F)C1. The van der Waals surface area contributed by atoms with Gasteiger partial charge in [-0.2, -0.15) is 18.3 Å². The summed E-state index contributed by atoms with van der Waals surface area (Å²) in [6, 6.07) is 1.16. The Labute approximate surface area is 229 Å². The van der Waals surface area contributed by atoms with Crippen molar-refractivity contribution in [2.24, 2.45) is 5.92 Å². The molecule has 2 aliphatic rings. The molecule has 11 nitrogen and oxygen atoms in total. The Balaban J connectivity index is 1.41. The third-order valence-corrected chi connectivity index (χ3v) is 7.30. The van der Waals surface area contributed by atoms with Crippen LogP contribution in [-0.4, -0.2) is 81.7 Å². The summed E-state index contributed by atoms with van der Waals surface area (Å²) in [5.41, 5.74) is 4.22. The highest BCUT2D eigenvalue weighted by Gasteiger charge is 2.51. The van der Waals surface area contributed by atoms with E-state index < -0.39 is 65.8 Å². The standard InChI is InChI=1S/C25H26F5N7O4/c1-40-10-15-4-14(9-36(15)23(39)13-6-24(26,27)7-13)35-21(38)16-3-12(8-32-22(16)41-2)18-5-17(25(28,29)30)19-20(31)33-11-34-37(18)19/h3,5,8,11,13-15H,4,6-7,9-10H2,1-2H3,(H,35,38)(H2,31,33,34)/t14-,15+/m0/s1. The van der Waals surface area contributed by atoms with Gasteiger partial charge in [0.05, 0.1) is 31.0 Å². The summed E-state index contributed by atoms with van der Waals surface area (Å²) in [4.78, 5) is 35.5. The number of methoxy groups -OCH3 is 2. The molecule has 0 unspecified atom stereocenters. The predicted molar refractivity (Wildman–Crippen MR) is 133 cm³/mol. The molecule has 16 heteroatoms. The maximum atomic E-state index is 13.8. The maximum Gasteiger partial charge on any atom is 0.418 e. The highest BCUT2D eigenvalue weighted by Crippen LogP contribution is 2.44. The van der Waals surface area contributed by atoms with Gasteiger partial charge in [-0.3, -0.25) is 9.59 Å². The number of rotatable bonds is 7. The lowest BCUT2D eigenvalue weighted by atomic mass is 9.80. The van der Waals surface area contributed by atoms with E-state index in [1.165, 1.54) is 31.4 Å². The van der Waals surface area contributed by atoms with E-state index in [0.29, 0.717) is 6.42 Å². The fourth-order valence-electron chi connectivity index (χ4n) is 5.38. The number of halogens is 5. The predicted octanol–water partition coefficient (Wildman–Crippen LogP) is 2.79. The molecule has 41 heavy (non-hydrogen) atoms. The number of nitrogens with two attached hydrogens (primary N) is 1. The average molecular weight is 584 g/mol. The molecule has 0 spiro atoms. The number of amides is 2. The van der Waals surface area contributed by atoms with Crippen LogP contribution in [0.4, 0.5) is 27.8 Å². The Morgan fingerprint density at radius 1 is 1.20 bits per heavy atom. The lowest BCUT2D eigenvalue weighted by molar-refractivity contribution is -0.161. The van der Waals surface area contributed by atoms with Gasteiger partial charge in [0.2, 0.25) is 17.7 Å². The van der Waals surface area contributed by atoms with Crippen LogP contribution in [0.3, 0.4) is 0 Å². The number of nitrogens with one attached hydrogen (secondary N) is 1. The summed E-state index contributed by atoms with van der Waals surface area (Å²) in [5, 5.41) is 6.71. The van der Waals surface area contributed by atoms with Crippen molar-refractivity contribution in [3.8, 4) is 17.1 Å². The van der Waals surface area contributed by atoms with Crippen LogP contribution in [0, 0.1) is 5.92 Å². The van der Waals surface area contributed by atoms with Crippen LogP contribution >= 0.6 is 0 Å². The minimum Gasteiger partial charge on any atom is -0.480 e. The second kappa shape index (κ2) is 10.4. The zero-order chi connectivity index (χ0) is 29.7. The number of aromatic nitrogens is 4. The third-order valence-electron chi connectivity index (χ3n) is 7.30. The Morgan fingerprint density at radius 2 is 1.93 bits per heavy atom. The van der Waals surface area contributed by atoms with Gasteiger partial charge in [0.25, 0.3) is 5.91 Å². The van der Waals surface area contributed by atoms with Crippen LogP contribution in [0.25, 0.3) is 16.8 Å². The normalized spacial score (nSPS) is 20.7. The van der Waals surface area contributed by atoms with E-state index in [0.717, 1.165) is 16.9 Å². The van der Waals surface area contributed by atoms with E-state index in [1.54, 1.807) is 0 Å². The molecule has 3 aromatic rings. The second-order valence-corrected chi connectivity index (χ2v) is 10.1. The van der Waals surface area contributed by atoms with Crippen LogP contribution in [0.1, 0.15) is 35.2 Å². The van der Waals surface area contributed by atoms with Crippen LogP contribution in [-0.2, 0) is 15.7 Å². The van der Waals surface area contributed by atoms with E-state index in [-0.39, 0.29) is 41.7 Å². The largest absolute Gasteiger partial charge is 0.480 e. The molecule has 1 saturated carbocycles. The van der Waals surface area contributed by atoms with Gasteiger partial charge in [-0.05, 0) is 18.6 Å². The van der Waals surface area contributed by atoms with Crippen molar-refractivity contribution in [1.29, 1.82) is 0 Å². The molecule has 4 heterocycles. The van der Waals surface area contributed by atoms with Gasteiger partial charge in [0, 0.05) is 50.2 Å². The molecule has 1 aliphatic carbocycles. The summed E-state index contributed by atoms with van der Waals surface area (Å²) in [7, 11) is 2.72. The van der Waals surface area contributed by atoms with E-state index in [2.05, 4.69) is 20.4 Å². The molecule has 0 aromatic carbocycles. The minimum atomic E-state index is -4.76. The highest BCUT2D eigenvalue weighted by atomic mass is 19.4. The van der Waals surface area contributed by atoms with Gasteiger partial charge in [-0.15, -0.1) is 0 Å². The molecule has 0 radical (unpaired) electrons. The molecule has 5 rings (SSSR count). The number of carbonyl (C=O) groups excluding carboxylic acids is 2. The van der Waals surface area contributed by atoms with Crippen molar-refractivity contribution in [3.05, 3.63) is 35.8 Å². The number of anilines is 1. The van der Waals surface area contributed by atoms with Crippen LogP contribution in [0.5, 0.6) is 5.88 Å². The molecule has 3 aromatic heterocycles. The van der Waals surface area contributed by atoms with Crippen molar-refractivity contribution < 1.29 is 41.0 Å². The average Bonchev–Trinajstić information content (AvgIpc) is 3.49. The number of alkyl halides is 5. The van der Waals surface area contributed by atoms with Crippen LogP contribution < -0.4 is 15.8 Å². The molecular weight excluding hydrogens is 557 g/mol. The summed E-state index contributed by atoms with van der Waals surface area (Å²) in [5.74, 6) is -5.20. The second-order valence-electron chi connectivity index (χ2n) is 10.1. The Kier molecular flexibility index (Phi) is 7.21. The van der Waals surface area contributed by atoms with E-state index >= 15 is 0 Å². The number of hydrogen-bond acceptors (Lipinski definition) is 8. The molecule has 1 saturated heterocycles. The first kappa shape index (κ1) is 28.4. The third kappa shape index (κ3) is 5.35. The first-order chi connectivity index (χ1) is 19.3. The van der Waals surface area contributed by atoms with Crippen molar-refractivity contribution in [3.63, 3.8) is 0 Å². The van der Waals surface area contributed by atoms with Gasteiger partial charge in [0.15, 0.2) is 5.82 Å². The summed E-state index contributed by atoms with van der Waals surface area (Å²) < 4.78 is 79.4. The van der Waals surface area contributed by atoms with Crippen molar-refractivity contribution in [2.45, 2.75) is 43.4 Å². The number of carbonyl (C=O) groups is 2. The molecule has 2 amide bonds. The van der Waals surface area contributed by atoms with Crippen LogP contribution in [0.15, 0.2) is 24.7 Å². The number of nitrogen functional groups attached to an aromatic ring is 1. The lowest BCUT2D eigenvalue weighted by Crippen LogP contribution is -2.49. The fourth-order valence-corrected chi connectivity index (χ4v) is 5.38. The quantitative estimate of drug-likeness (QED) is 0.406. The zero-order valence-electron chi connectivity index (χ0n) is 21.9. The summed E-state index contributed by atoms with van der Waals surface area (Å²) >= 11 is 0. The highest BCUT2D eigenvalue weighted by molar-refractivity contribution is 5.98. The number of pyridine rings is 1. The molecule has 1 aliphatic heterocycles. The summed E-state index contributed by atoms with van der Waals surface area (Å²) in [6.45, 7) is 0.222. The van der Waals surface area contributed by atoms with Gasteiger partial charge < -0.3 is 25.4 Å². The Morgan fingerprint density at radius 3 is 2.56 bits per heavy atom. The van der Waals surface area contributed by atoms with Gasteiger partial charge in [0.1, 0.15) is 17.4 Å². The van der Waals surface area contributed by atoms with Crippen molar-refractivity contribution >= 4 is 23.1 Å². The topological polar surface area (TPSA) is 137 Å². The van der Waals surface area contributed by atoms with E-state index in [9.17, 15) is 31.5 Å². The minimum absolute atomic E-state index is 0.0410. The first-order valence-electron chi connectivity index (χ1n) is 12.5. The zero-order valence-corrected chi connectivity index (χ0v) is 21.9. The van der Waals surface area contributed by atoms with Gasteiger partial charge in [-0.1, -0.05) is 0 Å². The molecular formula is C25H26F5N7O4.